The van der Waals surface area contributed by atoms with Crippen LogP contribution in [0.4, 0.5) is 0 Å². The summed E-state index contributed by atoms with van der Waals surface area (Å²) in [5, 5.41) is 24.6. The second-order valence-electron chi connectivity index (χ2n) is 12.0. The Morgan fingerprint density at radius 1 is 1.07 bits per heavy atom. The Morgan fingerprint density at radius 3 is 2.64 bits per heavy atom. The van der Waals surface area contributed by atoms with Gasteiger partial charge < -0.3 is 29.9 Å². The van der Waals surface area contributed by atoms with Crippen molar-refractivity contribution in [1.29, 1.82) is 0 Å². The minimum atomic E-state index is -0.947. The molecular formula is C35H46N2O7. The number of benzene rings is 2. The normalized spacial score (nSPS) is 23.8. The number of hydrogen-bond acceptors (Lipinski definition) is 7. The molecule has 9 heteroatoms. The number of carbonyl (C=O) groups excluding carboxylic acids is 3. The third-order valence-electron chi connectivity index (χ3n) is 8.53. The van der Waals surface area contributed by atoms with Crippen LogP contribution in [0, 0.1) is 5.92 Å². The number of fused-ring (bicyclic) bond motifs is 2. The second kappa shape index (κ2) is 16.6. The topological polar surface area (TPSA) is 125 Å². The van der Waals surface area contributed by atoms with Crippen molar-refractivity contribution in [1.82, 2.24) is 10.2 Å². The number of ether oxygens (including phenoxy) is 2. The zero-order chi connectivity index (χ0) is 31.5. The van der Waals surface area contributed by atoms with Gasteiger partial charge in [0, 0.05) is 45.4 Å². The molecule has 238 valence electrons. The number of nitrogens with one attached hydrogen (secondary N) is 1. The van der Waals surface area contributed by atoms with Crippen LogP contribution < -0.4 is 5.32 Å². The van der Waals surface area contributed by atoms with Crippen LogP contribution >= 0.6 is 0 Å². The van der Waals surface area contributed by atoms with E-state index in [1.165, 1.54) is 4.90 Å². The van der Waals surface area contributed by atoms with E-state index in [0.29, 0.717) is 45.5 Å². The highest BCUT2D eigenvalue weighted by Gasteiger charge is 2.41. The van der Waals surface area contributed by atoms with E-state index >= 15 is 0 Å². The molecule has 9 nitrogen and oxygen atoms in total. The number of aliphatic hydroxyl groups is 2. The van der Waals surface area contributed by atoms with Crippen molar-refractivity contribution in [3.05, 3.63) is 77.9 Å². The Hall–Kier alpha value is -3.37. The summed E-state index contributed by atoms with van der Waals surface area (Å²) in [7, 11) is 1.60. The van der Waals surface area contributed by atoms with E-state index in [-0.39, 0.29) is 49.8 Å². The van der Waals surface area contributed by atoms with E-state index in [1.807, 2.05) is 54.6 Å². The van der Waals surface area contributed by atoms with Gasteiger partial charge in [-0.25, -0.2) is 0 Å². The standard InChI is InChI=1S/C35H46N2O7/c1-24-13-14-29(38)21-28(18-25-8-4-3-5-9-25)34(41)36-31(20-26-10-6-11-27(24)19-26)35(42)37-23-30(39)22-32(37)33(40)12-7-15-44-17-16-43-2/h3-6,8-11,19,28,30-33,39-40H,1,7,12-18,20-23H2,2H3,(H,36,41)/t28-,30-,31+,32+,33?/m1/s1. The van der Waals surface area contributed by atoms with Crippen LogP contribution in [0.25, 0.3) is 5.57 Å². The minimum absolute atomic E-state index is 0.0300. The van der Waals surface area contributed by atoms with E-state index in [2.05, 4.69) is 11.9 Å². The van der Waals surface area contributed by atoms with Gasteiger partial charge in [0.05, 0.1) is 31.5 Å². The Balaban J connectivity index is 1.57. The molecule has 2 aromatic carbocycles. The number of methoxy groups -OCH3 is 1. The van der Waals surface area contributed by atoms with E-state index in [9.17, 15) is 24.6 Å². The van der Waals surface area contributed by atoms with Gasteiger partial charge in [-0.2, -0.15) is 0 Å². The van der Waals surface area contributed by atoms with Crippen molar-refractivity contribution >= 4 is 23.2 Å². The van der Waals surface area contributed by atoms with Gasteiger partial charge in [-0.15, -0.1) is 0 Å². The van der Waals surface area contributed by atoms with Gasteiger partial charge in [-0.05, 0) is 54.4 Å². The Bertz CT molecular complexity index is 1270. The molecule has 2 aliphatic rings. The van der Waals surface area contributed by atoms with Crippen molar-refractivity contribution in [2.45, 2.75) is 75.7 Å². The maximum Gasteiger partial charge on any atom is 0.245 e. The predicted molar refractivity (Wildman–Crippen MR) is 168 cm³/mol. The van der Waals surface area contributed by atoms with Crippen molar-refractivity contribution in [3.63, 3.8) is 0 Å². The molecule has 0 spiro atoms. The highest BCUT2D eigenvalue weighted by molar-refractivity contribution is 5.92. The highest BCUT2D eigenvalue weighted by Crippen LogP contribution is 2.27. The molecule has 4 rings (SSSR count). The number of amides is 2. The van der Waals surface area contributed by atoms with Crippen LogP contribution in [0.1, 0.15) is 55.2 Å². The lowest BCUT2D eigenvalue weighted by Crippen LogP contribution is -2.54. The molecule has 3 N–H and O–H groups in total. The fourth-order valence-corrected chi connectivity index (χ4v) is 6.10. The molecule has 0 radical (unpaired) electrons. The predicted octanol–water partition coefficient (Wildman–Crippen LogP) is 3.10. The van der Waals surface area contributed by atoms with Crippen LogP contribution in [0.3, 0.4) is 0 Å². The summed E-state index contributed by atoms with van der Waals surface area (Å²) in [4.78, 5) is 42.6. The Labute approximate surface area is 260 Å². The number of hydrogen-bond donors (Lipinski definition) is 3. The number of likely N-dealkylation sites (tertiary alicyclic amines) is 1. The van der Waals surface area contributed by atoms with Gasteiger partial charge in [0.2, 0.25) is 11.8 Å². The fraction of sp³-hybridized carbons (Fsp3) is 0.514. The van der Waals surface area contributed by atoms with Gasteiger partial charge in [-0.1, -0.05) is 61.2 Å². The first kappa shape index (κ1) is 33.5. The summed E-state index contributed by atoms with van der Waals surface area (Å²) in [6, 6.07) is 15.7. The number of Topliss-reactive ketones (excluding diaryl/α,β-unsaturated/α-hetero) is 1. The molecular weight excluding hydrogens is 560 g/mol. The first-order valence-corrected chi connectivity index (χ1v) is 15.6. The number of ketones is 1. The van der Waals surface area contributed by atoms with Gasteiger partial charge >= 0.3 is 0 Å². The summed E-state index contributed by atoms with van der Waals surface area (Å²) in [5.74, 6) is -1.41. The Morgan fingerprint density at radius 2 is 1.86 bits per heavy atom. The SMILES string of the molecule is C=C1CCC(=O)C[C@@H](Cc2ccccc2)C(=O)N[C@H](C(=O)N2C[C@H](O)C[C@H]2C(O)CCCOCCOC)Cc2cccc1c2. The zero-order valence-corrected chi connectivity index (χ0v) is 25.7. The lowest BCUT2D eigenvalue weighted by atomic mass is 9.91. The monoisotopic (exact) mass is 606 g/mol. The molecule has 2 aliphatic heterocycles. The van der Waals surface area contributed by atoms with Crippen LogP contribution in [0.15, 0.2) is 61.2 Å². The maximum atomic E-state index is 14.2. The molecule has 1 saturated heterocycles. The molecule has 2 aromatic rings. The number of rotatable bonds is 11. The molecule has 0 aliphatic carbocycles. The van der Waals surface area contributed by atoms with Gasteiger partial charge in [0.15, 0.2) is 0 Å². The van der Waals surface area contributed by atoms with Crippen LogP contribution in [0.5, 0.6) is 0 Å². The first-order chi connectivity index (χ1) is 21.2. The molecule has 2 bridgehead atoms. The van der Waals surface area contributed by atoms with Crippen molar-refractivity contribution < 1.29 is 34.1 Å². The number of aliphatic hydroxyl groups excluding tert-OH is 2. The smallest absolute Gasteiger partial charge is 0.245 e. The zero-order valence-electron chi connectivity index (χ0n) is 25.7. The second-order valence-corrected chi connectivity index (χ2v) is 12.0. The lowest BCUT2D eigenvalue weighted by Gasteiger charge is -2.32. The third kappa shape index (κ3) is 9.56. The number of allylic oxidation sites excluding steroid dienone is 1. The highest BCUT2D eigenvalue weighted by atomic mass is 16.5. The molecule has 0 saturated carbocycles. The van der Waals surface area contributed by atoms with E-state index in [1.54, 1.807) is 7.11 Å². The quantitative estimate of drug-likeness (QED) is 0.336. The molecule has 1 fully saturated rings. The summed E-state index contributed by atoms with van der Waals surface area (Å²) in [6.45, 7) is 5.67. The summed E-state index contributed by atoms with van der Waals surface area (Å²) >= 11 is 0. The first-order valence-electron chi connectivity index (χ1n) is 15.6. The molecule has 2 heterocycles. The van der Waals surface area contributed by atoms with Gasteiger partial charge in [-0.3, -0.25) is 14.4 Å². The van der Waals surface area contributed by atoms with E-state index < -0.39 is 30.2 Å². The van der Waals surface area contributed by atoms with Crippen LogP contribution in [-0.4, -0.2) is 90.5 Å². The number of carbonyl (C=O) groups is 3. The molecule has 44 heavy (non-hydrogen) atoms. The molecule has 1 unspecified atom stereocenters. The van der Waals surface area contributed by atoms with E-state index in [4.69, 9.17) is 9.47 Å². The summed E-state index contributed by atoms with van der Waals surface area (Å²) in [6.07, 6.45) is 1.02. The van der Waals surface area contributed by atoms with E-state index in [0.717, 1.165) is 22.3 Å². The minimum Gasteiger partial charge on any atom is -0.391 e. The van der Waals surface area contributed by atoms with Crippen LogP contribution in [-0.2, 0) is 36.7 Å². The lowest BCUT2D eigenvalue weighted by molar-refractivity contribution is -0.140. The summed E-state index contributed by atoms with van der Waals surface area (Å²) < 4.78 is 10.5. The van der Waals surface area contributed by atoms with Crippen LogP contribution in [0.2, 0.25) is 0 Å². The number of β-amino-alcohol motifs (C(OH)–C–C–N with tert-alkyl or cyclic N) is 1. The third-order valence-corrected chi connectivity index (χ3v) is 8.53. The van der Waals surface area contributed by atoms with Crippen molar-refractivity contribution in [2.75, 3.05) is 33.5 Å². The maximum absolute atomic E-state index is 14.2. The average molecular weight is 607 g/mol. The molecule has 0 aromatic heterocycles. The Kier molecular flexibility index (Phi) is 12.7. The van der Waals surface area contributed by atoms with Crippen molar-refractivity contribution in [3.8, 4) is 0 Å². The fourth-order valence-electron chi connectivity index (χ4n) is 6.10. The van der Waals surface area contributed by atoms with Gasteiger partial charge in [0.25, 0.3) is 0 Å². The average Bonchev–Trinajstić information content (AvgIpc) is 3.42. The largest absolute Gasteiger partial charge is 0.391 e. The van der Waals surface area contributed by atoms with Gasteiger partial charge in [0.1, 0.15) is 11.8 Å². The molecule has 2 amide bonds. The molecule has 5 atom stereocenters. The van der Waals surface area contributed by atoms with Crippen molar-refractivity contribution in [2.24, 2.45) is 5.92 Å². The summed E-state index contributed by atoms with van der Waals surface area (Å²) in [5.41, 5.74) is 3.50. The number of nitrogens with zero attached hydrogens (tertiary/aromatic N) is 1.